The highest BCUT2D eigenvalue weighted by Crippen LogP contribution is 2.12. The summed E-state index contributed by atoms with van der Waals surface area (Å²) in [4.78, 5) is 54.4. The van der Waals surface area contributed by atoms with Gasteiger partial charge in [-0.3, -0.25) is 19.4 Å². The Hall–Kier alpha value is -3.87. The van der Waals surface area contributed by atoms with E-state index in [9.17, 15) is 29.4 Å². The number of phenols is 1. The largest absolute Gasteiger partial charge is 0.508 e. The molecule has 1 rings (SSSR count). The number of carboxylic acid groups (broad SMARTS) is 1. The SMILES string of the molecule is CC(C)C(NC(=O)C(NC(=O)C(CCCN=C(N)N)NC(=O)C(N)Cc1ccc(O)cc1)C(C)C)C(=O)O. The lowest BCUT2D eigenvalue weighted by atomic mass is 9.99. The molecule has 0 bridgehead atoms. The van der Waals surface area contributed by atoms with Crippen molar-refractivity contribution in [3.63, 3.8) is 0 Å². The molecule has 0 saturated heterocycles. The summed E-state index contributed by atoms with van der Waals surface area (Å²) in [7, 11) is 0. The smallest absolute Gasteiger partial charge is 0.326 e. The maximum Gasteiger partial charge on any atom is 0.326 e. The molecule has 0 saturated carbocycles. The molecule has 1 aromatic rings. The van der Waals surface area contributed by atoms with E-state index in [4.69, 9.17) is 17.2 Å². The Kier molecular flexibility index (Phi) is 13.0. The van der Waals surface area contributed by atoms with E-state index in [-0.39, 0.29) is 42.9 Å². The molecule has 11 N–H and O–H groups in total. The number of hydrogen-bond acceptors (Lipinski definition) is 7. The molecule has 4 atom stereocenters. The monoisotopic (exact) mass is 535 g/mol. The molecule has 0 aliphatic carbocycles. The number of nitrogens with zero attached hydrogens (tertiary/aromatic N) is 1. The van der Waals surface area contributed by atoms with E-state index in [1.807, 2.05) is 0 Å². The Morgan fingerprint density at radius 2 is 1.42 bits per heavy atom. The zero-order valence-electron chi connectivity index (χ0n) is 22.3. The number of carbonyl (C=O) groups is 4. The fraction of sp³-hybridized carbons (Fsp3) is 0.560. The van der Waals surface area contributed by atoms with Gasteiger partial charge in [0.2, 0.25) is 17.7 Å². The van der Waals surface area contributed by atoms with Crippen LogP contribution in [-0.2, 0) is 25.6 Å². The van der Waals surface area contributed by atoms with Gasteiger partial charge < -0.3 is 43.4 Å². The molecule has 0 fully saturated rings. The molecule has 212 valence electrons. The lowest BCUT2D eigenvalue weighted by molar-refractivity contribution is -0.143. The van der Waals surface area contributed by atoms with Crippen LogP contribution >= 0.6 is 0 Å². The van der Waals surface area contributed by atoms with Crippen LogP contribution in [0, 0.1) is 11.8 Å². The molecule has 0 radical (unpaired) electrons. The Bertz CT molecular complexity index is 977. The molecule has 38 heavy (non-hydrogen) atoms. The van der Waals surface area contributed by atoms with Gasteiger partial charge in [-0.05, 0) is 48.8 Å². The third kappa shape index (κ3) is 11.0. The number of benzene rings is 1. The molecule has 0 aromatic heterocycles. The average molecular weight is 536 g/mol. The van der Waals surface area contributed by atoms with Gasteiger partial charge in [-0.25, -0.2) is 4.79 Å². The number of aliphatic carboxylic acids is 1. The van der Waals surface area contributed by atoms with Gasteiger partial charge in [0.1, 0.15) is 23.9 Å². The van der Waals surface area contributed by atoms with Crippen LogP contribution in [0.5, 0.6) is 5.75 Å². The third-order valence-corrected chi connectivity index (χ3v) is 5.78. The zero-order valence-corrected chi connectivity index (χ0v) is 22.3. The second kappa shape index (κ2) is 15.4. The lowest BCUT2D eigenvalue weighted by Crippen LogP contribution is -2.59. The molecule has 13 heteroatoms. The topological polar surface area (TPSA) is 235 Å². The fourth-order valence-electron chi connectivity index (χ4n) is 3.58. The van der Waals surface area contributed by atoms with Gasteiger partial charge in [-0.2, -0.15) is 0 Å². The van der Waals surface area contributed by atoms with Crippen LogP contribution in [0.4, 0.5) is 0 Å². The number of carbonyl (C=O) groups excluding carboxylic acids is 3. The summed E-state index contributed by atoms with van der Waals surface area (Å²) in [5, 5.41) is 26.6. The van der Waals surface area contributed by atoms with Crippen LogP contribution in [-0.4, -0.2) is 70.6 Å². The molecule has 4 unspecified atom stereocenters. The second-order valence-electron chi connectivity index (χ2n) is 9.79. The van der Waals surface area contributed by atoms with Crippen molar-refractivity contribution < 1.29 is 29.4 Å². The second-order valence-corrected chi connectivity index (χ2v) is 9.79. The van der Waals surface area contributed by atoms with E-state index in [0.29, 0.717) is 12.0 Å². The lowest BCUT2D eigenvalue weighted by Gasteiger charge is -2.28. The number of carboxylic acids is 1. The van der Waals surface area contributed by atoms with E-state index >= 15 is 0 Å². The number of nitrogens with two attached hydrogens (primary N) is 3. The van der Waals surface area contributed by atoms with Crippen LogP contribution in [0.25, 0.3) is 0 Å². The highest BCUT2D eigenvalue weighted by Gasteiger charge is 2.32. The van der Waals surface area contributed by atoms with Crippen molar-refractivity contribution in [2.45, 2.75) is 71.1 Å². The van der Waals surface area contributed by atoms with Gasteiger partial charge >= 0.3 is 5.97 Å². The van der Waals surface area contributed by atoms with Crippen LogP contribution in [0.15, 0.2) is 29.3 Å². The minimum atomic E-state index is -1.19. The van der Waals surface area contributed by atoms with Crippen molar-refractivity contribution in [3.05, 3.63) is 29.8 Å². The van der Waals surface area contributed by atoms with Crippen LogP contribution in [0.3, 0.4) is 0 Å². The minimum Gasteiger partial charge on any atom is -0.508 e. The van der Waals surface area contributed by atoms with E-state index in [2.05, 4.69) is 20.9 Å². The average Bonchev–Trinajstić information content (AvgIpc) is 2.82. The highest BCUT2D eigenvalue weighted by molar-refractivity contribution is 5.94. The third-order valence-electron chi connectivity index (χ3n) is 5.78. The van der Waals surface area contributed by atoms with E-state index in [0.717, 1.165) is 0 Å². The number of nitrogens with one attached hydrogen (secondary N) is 3. The first kappa shape index (κ1) is 32.2. The van der Waals surface area contributed by atoms with Crippen molar-refractivity contribution in [1.29, 1.82) is 0 Å². The van der Waals surface area contributed by atoms with Crippen molar-refractivity contribution in [3.8, 4) is 5.75 Å². The first-order valence-electron chi connectivity index (χ1n) is 12.5. The molecule has 0 aliphatic heterocycles. The Morgan fingerprint density at radius 3 is 1.92 bits per heavy atom. The minimum absolute atomic E-state index is 0.0797. The molecule has 0 aliphatic rings. The predicted molar refractivity (Wildman–Crippen MR) is 143 cm³/mol. The Morgan fingerprint density at radius 1 is 0.868 bits per heavy atom. The van der Waals surface area contributed by atoms with E-state index in [1.165, 1.54) is 12.1 Å². The Balaban J connectivity index is 3.00. The summed E-state index contributed by atoms with van der Waals surface area (Å²) in [6.07, 6.45) is 0.657. The number of aliphatic imine (C=N–C) groups is 1. The van der Waals surface area contributed by atoms with Crippen LogP contribution in [0.2, 0.25) is 0 Å². The van der Waals surface area contributed by atoms with Crippen molar-refractivity contribution in [2.75, 3.05) is 6.54 Å². The molecule has 1 aromatic carbocycles. The van der Waals surface area contributed by atoms with Gasteiger partial charge in [-0.15, -0.1) is 0 Å². The van der Waals surface area contributed by atoms with Gasteiger partial charge in [-0.1, -0.05) is 39.8 Å². The number of phenolic OH excluding ortho intramolecular Hbond substituents is 1. The Labute approximate surface area is 222 Å². The number of aromatic hydroxyl groups is 1. The number of hydrogen-bond donors (Lipinski definition) is 8. The number of guanidine groups is 1. The van der Waals surface area contributed by atoms with Gasteiger partial charge in [0.05, 0.1) is 6.04 Å². The predicted octanol–water partition coefficient (Wildman–Crippen LogP) is -0.833. The van der Waals surface area contributed by atoms with Gasteiger partial charge in [0.25, 0.3) is 0 Å². The van der Waals surface area contributed by atoms with Crippen molar-refractivity contribution in [2.24, 2.45) is 34.0 Å². The molecular weight excluding hydrogens is 494 g/mol. The maximum absolute atomic E-state index is 13.2. The van der Waals surface area contributed by atoms with E-state index < -0.39 is 47.9 Å². The quantitative estimate of drug-likeness (QED) is 0.0793. The number of amides is 3. The molecule has 3 amide bonds. The van der Waals surface area contributed by atoms with Gasteiger partial charge in [0, 0.05) is 6.54 Å². The molecule has 13 nitrogen and oxygen atoms in total. The highest BCUT2D eigenvalue weighted by atomic mass is 16.4. The summed E-state index contributed by atoms with van der Waals surface area (Å²) in [6.45, 7) is 6.94. The first-order chi connectivity index (χ1) is 17.7. The van der Waals surface area contributed by atoms with Gasteiger partial charge in [0.15, 0.2) is 5.96 Å². The summed E-state index contributed by atoms with van der Waals surface area (Å²) in [6, 6.07) is 2.00. The summed E-state index contributed by atoms with van der Waals surface area (Å²) in [5.74, 6) is -3.84. The summed E-state index contributed by atoms with van der Waals surface area (Å²) < 4.78 is 0. The standard InChI is InChI=1S/C25H41N7O6/c1-13(2)19(23(36)32-20(14(3)4)24(37)38)31-22(35)18(6-5-11-29-25(27)28)30-21(34)17(26)12-15-7-9-16(33)10-8-15/h7-10,13-14,17-20,33H,5-6,11-12,26H2,1-4H3,(H,30,34)(H,31,35)(H,32,36)(H,37,38)(H4,27,28,29). The maximum atomic E-state index is 13.2. The van der Waals surface area contributed by atoms with Crippen molar-refractivity contribution in [1.82, 2.24) is 16.0 Å². The van der Waals surface area contributed by atoms with Crippen LogP contribution in [0.1, 0.15) is 46.1 Å². The normalized spacial score (nSPS) is 14.2. The molecule has 0 heterocycles. The van der Waals surface area contributed by atoms with E-state index in [1.54, 1.807) is 39.8 Å². The van der Waals surface area contributed by atoms with Crippen molar-refractivity contribution >= 4 is 29.7 Å². The van der Waals surface area contributed by atoms with Crippen LogP contribution < -0.4 is 33.2 Å². The fourth-order valence-corrected chi connectivity index (χ4v) is 3.58. The molecule has 0 spiro atoms. The molecular formula is C25H41N7O6. The first-order valence-corrected chi connectivity index (χ1v) is 12.5. The number of rotatable bonds is 15. The zero-order chi connectivity index (χ0) is 29.0. The summed E-state index contributed by atoms with van der Waals surface area (Å²) >= 11 is 0. The summed E-state index contributed by atoms with van der Waals surface area (Å²) in [5.41, 5.74) is 17.5.